The lowest BCUT2D eigenvalue weighted by Crippen LogP contribution is -2.54. The van der Waals surface area contributed by atoms with E-state index in [-0.39, 0.29) is 127 Å². The Morgan fingerprint density at radius 2 is 1.20 bits per heavy atom. The number of nitrogens with two attached hydrogens (primary N) is 1. The van der Waals surface area contributed by atoms with Gasteiger partial charge in [-0.15, -0.1) is 0 Å². The minimum Gasteiger partial charge on any atom is -0.508 e. The monoisotopic (exact) mass is 1210 g/mol. The second kappa shape index (κ2) is 38.0. The highest BCUT2D eigenvalue weighted by Crippen LogP contribution is 2.29. The fourth-order valence-electron chi connectivity index (χ4n) is 10.3. The van der Waals surface area contributed by atoms with E-state index in [0.717, 1.165) is 30.4 Å². The lowest BCUT2D eigenvalue weighted by molar-refractivity contribution is -0.140. The molecule has 0 aromatic heterocycles. The summed E-state index contributed by atoms with van der Waals surface area (Å²) in [6, 6.07) is 21.4. The van der Waals surface area contributed by atoms with Gasteiger partial charge in [0.1, 0.15) is 18.0 Å². The number of guanidine groups is 1. The Bertz CT molecular complexity index is 2670. The molecule has 1 heterocycles. The number of phenols is 1. The highest BCUT2D eigenvalue weighted by atomic mass is 16.4. The van der Waals surface area contributed by atoms with Crippen molar-refractivity contribution in [2.45, 2.75) is 83.0 Å². The highest BCUT2D eigenvalue weighted by Gasteiger charge is 2.30. The van der Waals surface area contributed by atoms with Crippen LogP contribution < -0.4 is 48.3 Å². The van der Waals surface area contributed by atoms with Crippen LogP contribution in [0.1, 0.15) is 80.9 Å². The molecule has 0 radical (unpaired) electrons. The molecule has 6 amide bonds. The molecule has 87 heavy (non-hydrogen) atoms. The van der Waals surface area contributed by atoms with Crippen LogP contribution >= 0.6 is 0 Å². The Morgan fingerprint density at radius 3 is 1.77 bits per heavy atom. The van der Waals surface area contributed by atoms with Crippen molar-refractivity contribution < 1.29 is 63.6 Å². The number of aldehydes is 1. The van der Waals surface area contributed by atoms with Crippen LogP contribution in [0, 0.1) is 11.8 Å². The number of rotatable bonds is 32. The molecule has 14 N–H and O–H groups in total. The average molecular weight is 1210 g/mol. The van der Waals surface area contributed by atoms with Crippen molar-refractivity contribution in [3.63, 3.8) is 0 Å². The van der Waals surface area contributed by atoms with Crippen LogP contribution in [0.25, 0.3) is 0 Å². The number of urea groups is 1. The number of carboxylic acid groups (broad SMARTS) is 3. The topological polar surface area (TPSA) is 382 Å². The van der Waals surface area contributed by atoms with Gasteiger partial charge in [-0.25, -0.2) is 4.79 Å². The molecule has 476 valence electrons. The number of aliphatic carboxylic acids is 3. The third-order valence-electron chi connectivity index (χ3n) is 15.2. The zero-order valence-corrected chi connectivity index (χ0v) is 49.6. The number of nitrogens with zero attached hydrogens (tertiary/aromatic N) is 5. The number of amides is 6. The molecule has 27 heteroatoms. The third-order valence-corrected chi connectivity index (χ3v) is 15.2. The molecule has 0 bridgehead atoms. The maximum atomic E-state index is 14.4. The standard InChI is InChI=1S/C60H88N14O13/c1-2-51(77)63-26-27-66-60(87)70-59(61)65-23-6-10-49(57(85)68-37-43-13-21-48(76)22-14-43)69-58(86)55(44-8-4-3-5-9-44)45-17-19-47(20-18-45)62-24-7-25-64-56(84)46-15-11-42(12-16-46)36-67-50(41-75)74-34-32-72(39-53(80)81)30-28-71(38-52(78)79)29-31-73(33-35-74)40-54(82)83/h3-5,8-9,13-14,17-22,41-42,46,49-50,55,62,67,76H,2,6-7,10-12,15-16,23-40H2,1H3,(H,63,77)(H,64,84)(H,68,85)(H,69,86)(H,78,79)(H,80,81)(H,82,83)(H4,61,65,66,70,87)/t42-,46-,49-,50?,55-/m1/s1. The molecule has 1 saturated heterocycles. The van der Waals surface area contributed by atoms with Gasteiger partial charge in [-0.05, 0) is 98.4 Å². The minimum atomic E-state index is -1.04. The first-order chi connectivity index (χ1) is 41.9. The Balaban J connectivity index is 1.09. The Morgan fingerprint density at radius 1 is 0.632 bits per heavy atom. The van der Waals surface area contributed by atoms with Gasteiger partial charge >= 0.3 is 23.9 Å². The van der Waals surface area contributed by atoms with Crippen LogP contribution in [0.4, 0.5) is 10.5 Å². The minimum absolute atomic E-state index is 0.0125. The normalized spacial score (nSPS) is 17.8. The highest BCUT2D eigenvalue weighted by molar-refractivity contribution is 5.93. The molecule has 2 fully saturated rings. The summed E-state index contributed by atoms with van der Waals surface area (Å²) in [6.45, 7) is 5.43. The first-order valence-corrected chi connectivity index (χ1v) is 29.8. The molecule has 1 aliphatic carbocycles. The van der Waals surface area contributed by atoms with Gasteiger partial charge in [0.05, 0.1) is 25.6 Å². The lowest BCUT2D eigenvalue weighted by Gasteiger charge is -2.36. The third kappa shape index (κ3) is 26.5. The number of carboxylic acids is 3. The number of phenolic OH excluding ortho intramolecular Hbond substituents is 1. The van der Waals surface area contributed by atoms with E-state index in [2.05, 4.69) is 47.5 Å². The van der Waals surface area contributed by atoms with Crippen molar-refractivity contribution in [3.05, 3.63) is 95.6 Å². The molecule has 1 aliphatic heterocycles. The zero-order chi connectivity index (χ0) is 62.9. The summed E-state index contributed by atoms with van der Waals surface area (Å²) >= 11 is 0. The number of benzene rings is 3. The van der Waals surface area contributed by atoms with Gasteiger partial charge in [0.15, 0.2) is 12.2 Å². The van der Waals surface area contributed by atoms with Gasteiger partial charge in [0, 0.05) is 110 Å². The van der Waals surface area contributed by atoms with Crippen molar-refractivity contribution in [1.29, 1.82) is 0 Å². The number of hydrogen-bond acceptors (Lipinski definition) is 16. The van der Waals surface area contributed by atoms with Crippen LogP contribution in [0.5, 0.6) is 5.75 Å². The number of carbonyl (C=O) groups is 9. The summed E-state index contributed by atoms with van der Waals surface area (Å²) in [7, 11) is 0. The predicted molar refractivity (Wildman–Crippen MR) is 325 cm³/mol. The van der Waals surface area contributed by atoms with Gasteiger partial charge in [0.2, 0.25) is 23.6 Å². The number of carbonyl (C=O) groups excluding carboxylic acids is 6. The summed E-state index contributed by atoms with van der Waals surface area (Å²) in [6.07, 6.45) is 4.46. The van der Waals surface area contributed by atoms with Crippen molar-refractivity contribution in [1.82, 2.24) is 56.8 Å². The second-order valence-electron chi connectivity index (χ2n) is 21.7. The number of aromatic hydroxyl groups is 1. The van der Waals surface area contributed by atoms with Crippen LogP contribution in [0.15, 0.2) is 83.9 Å². The number of anilines is 1. The van der Waals surface area contributed by atoms with E-state index >= 15 is 0 Å². The molecule has 0 spiro atoms. The Kier molecular flexibility index (Phi) is 30.4. The Hall–Kier alpha value is -8.24. The zero-order valence-electron chi connectivity index (χ0n) is 49.6. The van der Waals surface area contributed by atoms with E-state index in [1.54, 1.807) is 33.8 Å². The van der Waals surface area contributed by atoms with Crippen molar-refractivity contribution in [2.75, 3.05) is 117 Å². The number of hydrogen-bond donors (Lipinski definition) is 13. The van der Waals surface area contributed by atoms with Crippen LogP contribution in [-0.4, -0.2) is 223 Å². The summed E-state index contributed by atoms with van der Waals surface area (Å²) in [5.41, 5.74) is 8.87. The first-order valence-electron chi connectivity index (χ1n) is 29.8. The Labute approximate surface area is 507 Å². The quantitative estimate of drug-likeness (QED) is 0.0176. The van der Waals surface area contributed by atoms with Gasteiger partial charge in [-0.1, -0.05) is 61.5 Å². The lowest BCUT2D eigenvalue weighted by atomic mass is 9.81. The summed E-state index contributed by atoms with van der Waals surface area (Å²) in [5.74, 6) is -4.92. The molecule has 2 aliphatic rings. The largest absolute Gasteiger partial charge is 0.508 e. The molecule has 27 nitrogen and oxygen atoms in total. The molecule has 1 saturated carbocycles. The smallest absolute Gasteiger partial charge is 0.344 e. The van der Waals surface area contributed by atoms with Gasteiger partial charge < -0.3 is 68.2 Å². The second-order valence-corrected chi connectivity index (χ2v) is 21.7. The molecule has 3 aromatic carbocycles. The summed E-state index contributed by atoms with van der Waals surface area (Å²) < 4.78 is 0. The SMILES string of the molecule is CCC(=O)NCCNC(=O)/N=C(/N)NCCC[C@@H](NC(=O)[C@H](c1ccccc1)c1ccc(NCCCNC(=O)[C@H]2CC[C@H](CNC(C=O)N3CCN(CC(=O)O)CCN(CC(=O)O)CCN(CC(=O)O)CC3)CC2)cc1)C(=O)NCc1ccc(O)cc1. The molecular weight excluding hydrogens is 1120 g/mol. The van der Waals surface area contributed by atoms with Gasteiger partial charge in [0.25, 0.3) is 0 Å². The molecule has 5 rings (SSSR count). The number of nitrogens with one attached hydrogen (secondary N) is 8. The number of aliphatic imine (C=N–C) groups is 1. The summed E-state index contributed by atoms with van der Waals surface area (Å²) in [5, 5.41) is 62.2. The van der Waals surface area contributed by atoms with Crippen molar-refractivity contribution >= 4 is 65.5 Å². The van der Waals surface area contributed by atoms with E-state index < -0.39 is 53.9 Å². The predicted octanol–water partition coefficient (Wildman–Crippen LogP) is 0.560. The maximum absolute atomic E-state index is 14.4. The van der Waals surface area contributed by atoms with E-state index in [4.69, 9.17) is 5.73 Å². The molecule has 3 atom stereocenters. The molecule has 3 aromatic rings. The first kappa shape index (κ1) is 69.5. The average Bonchev–Trinajstić information content (AvgIpc) is 3.51. The molecule has 1 unspecified atom stereocenters. The molecular formula is C60H88N14O13. The maximum Gasteiger partial charge on any atom is 0.344 e. The van der Waals surface area contributed by atoms with Crippen molar-refractivity contribution in [3.8, 4) is 5.75 Å². The summed E-state index contributed by atoms with van der Waals surface area (Å²) in [4.78, 5) is 124. The van der Waals surface area contributed by atoms with Gasteiger partial charge in [-0.3, -0.25) is 58.5 Å². The van der Waals surface area contributed by atoms with Crippen LogP contribution in [0.2, 0.25) is 0 Å². The van der Waals surface area contributed by atoms with Crippen LogP contribution in [-0.2, 0) is 44.9 Å². The van der Waals surface area contributed by atoms with Crippen molar-refractivity contribution in [2.24, 2.45) is 22.6 Å². The van der Waals surface area contributed by atoms with Gasteiger partial charge in [-0.2, -0.15) is 4.99 Å². The fourth-order valence-corrected chi connectivity index (χ4v) is 10.3. The fraction of sp³-hybridized carbons (Fsp3) is 0.533. The van der Waals surface area contributed by atoms with E-state index in [0.29, 0.717) is 76.0 Å². The van der Waals surface area contributed by atoms with Crippen LogP contribution in [0.3, 0.4) is 0 Å². The van der Waals surface area contributed by atoms with E-state index in [9.17, 15) is 63.6 Å². The van der Waals surface area contributed by atoms with E-state index in [1.165, 1.54) is 12.1 Å². The van der Waals surface area contributed by atoms with E-state index in [1.807, 2.05) is 59.5 Å².